The number of aliphatic hydroxyl groups excluding tert-OH is 1. The lowest BCUT2D eigenvalue weighted by atomic mass is 10.1. The second-order valence-electron chi connectivity index (χ2n) is 3.01. The molecule has 0 heterocycles. The standard InChI is InChI=1S/C9H7ClF4O/c10-6-3-5(1-2-7(6)11)4-8(15)9(12,13)14/h1-3,8,15H,4H2. The Bertz CT molecular complexity index is 350. The molecule has 0 saturated carbocycles. The highest BCUT2D eigenvalue weighted by Crippen LogP contribution is 2.24. The summed E-state index contributed by atoms with van der Waals surface area (Å²) in [4.78, 5) is 0. The highest BCUT2D eigenvalue weighted by atomic mass is 35.5. The molecule has 0 fully saturated rings. The van der Waals surface area contributed by atoms with Gasteiger partial charge in [-0.1, -0.05) is 17.7 Å². The Morgan fingerprint density at radius 1 is 1.33 bits per heavy atom. The van der Waals surface area contributed by atoms with Crippen molar-refractivity contribution in [1.29, 1.82) is 0 Å². The molecule has 1 N–H and O–H groups in total. The molecule has 0 aliphatic heterocycles. The first kappa shape index (κ1) is 12.3. The molecule has 0 amide bonds. The van der Waals surface area contributed by atoms with Crippen molar-refractivity contribution in [3.05, 3.63) is 34.6 Å². The Labute approximate surface area is 88.3 Å². The van der Waals surface area contributed by atoms with E-state index in [1.807, 2.05) is 0 Å². The summed E-state index contributed by atoms with van der Waals surface area (Å²) in [5, 5.41) is 8.48. The third-order valence-corrected chi connectivity index (χ3v) is 2.08. The average Bonchev–Trinajstić information content (AvgIpc) is 2.10. The molecule has 0 aliphatic rings. The number of hydrogen-bond donors (Lipinski definition) is 1. The van der Waals surface area contributed by atoms with E-state index in [1.165, 1.54) is 0 Å². The maximum Gasteiger partial charge on any atom is 0.414 e. The third kappa shape index (κ3) is 3.35. The van der Waals surface area contributed by atoms with E-state index in [9.17, 15) is 17.6 Å². The quantitative estimate of drug-likeness (QED) is 0.791. The van der Waals surface area contributed by atoms with Crippen molar-refractivity contribution >= 4 is 11.6 Å². The van der Waals surface area contributed by atoms with E-state index in [0.717, 1.165) is 18.2 Å². The molecule has 0 aliphatic carbocycles. The van der Waals surface area contributed by atoms with Crippen LogP contribution in [-0.2, 0) is 6.42 Å². The molecule has 1 rings (SSSR count). The van der Waals surface area contributed by atoms with Gasteiger partial charge in [-0.15, -0.1) is 0 Å². The molecular weight excluding hydrogens is 236 g/mol. The molecule has 0 bridgehead atoms. The molecule has 1 aromatic rings. The molecule has 6 heteroatoms. The summed E-state index contributed by atoms with van der Waals surface area (Å²) >= 11 is 5.37. The Morgan fingerprint density at radius 3 is 2.40 bits per heavy atom. The molecule has 0 aromatic heterocycles. The Hall–Kier alpha value is -0.810. The highest BCUT2D eigenvalue weighted by Gasteiger charge is 2.37. The predicted molar refractivity (Wildman–Crippen MR) is 47.2 cm³/mol. The summed E-state index contributed by atoms with van der Waals surface area (Å²) in [6.07, 6.45) is -7.77. The largest absolute Gasteiger partial charge is 0.414 e. The van der Waals surface area contributed by atoms with Gasteiger partial charge in [0, 0.05) is 6.42 Å². The first-order valence-corrected chi connectivity index (χ1v) is 4.37. The zero-order valence-electron chi connectivity index (χ0n) is 7.35. The van der Waals surface area contributed by atoms with E-state index < -0.39 is 24.5 Å². The minimum Gasteiger partial charge on any atom is -0.383 e. The van der Waals surface area contributed by atoms with Gasteiger partial charge in [0.1, 0.15) is 5.82 Å². The minimum atomic E-state index is -4.68. The van der Waals surface area contributed by atoms with Gasteiger partial charge in [-0.05, 0) is 17.7 Å². The molecule has 84 valence electrons. The zero-order valence-corrected chi connectivity index (χ0v) is 8.11. The monoisotopic (exact) mass is 242 g/mol. The molecule has 1 aromatic carbocycles. The SMILES string of the molecule is OC(Cc1ccc(F)c(Cl)c1)C(F)(F)F. The van der Waals surface area contributed by atoms with Crippen LogP contribution in [0.4, 0.5) is 17.6 Å². The topological polar surface area (TPSA) is 20.2 Å². The highest BCUT2D eigenvalue weighted by molar-refractivity contribution is 6.30. The molecule has 0 saturated heterocycles. The molecule has 1 nitrogen and oxygen atoms in total. The maximum atomic E-state index is 12.7. The van der Waals surface area contributed by atoms with Crippen molar-refractivity contribution in [2.45, 2.75) is 18.7 Å². The van der Waals surface area contributed by atoms with Crippen LogP contribution >= 0.6 is 11.6 Å². The molecule has 0 spiro atoms. The van der Waals surface area contributed by atoms with Gasteiger partial charge in [0.15, 0.2) is 6.10 Å². The van der Waals surface area contributed by atoms with Gasteiger partial charge in [0.25, 0.3) is 0 Å². The van der Waals surface area contributed by atoms with Crippen molar-refractivity contribution in [2.24, 2.45) is 0 Å². The lowest BCUT2D eigenvalue weighted by Crippen LogP contribution is -2.30. The van der Waals surface area contributed by atoms with Crippen molar-refractivity contribution in [3.8, 4) is 0 Å². The Balaban J connectivity index is 2.78. The fourth-order valence-electron chi connectivity index (χ4n) is 1.01. The Morgan fingerprint density at radius 2 is 1.93 bits per heavy atom. The van der Waals surface area contributed by atoms with Crippen LogP contribution in [0.3, 0.4) is 0 Å². The van der Waals surface area contributed by atoms with E-state index in [-0.39, 0.29) is 10.6 Å². The van der Waals surface area contributed by atoms with Crippen LogP contribution in [0, 0.1) is 5.82 Å². The number of benzene rings is 1. The number of alkyl halides is 3. The van der Waals surface area contributed by atoms with Crippen LogP contribution < -0.4 is 0 Å². The van der Waals surface area contributed by atoms with Gasteiger partial charge < -0.3 is 5.11 Å². The molecular formula is C9H7ClF4O. The van der Waals surface area contributed by atoms with Gasteiger partial charge in [-0.2, -0.15) is 13.2 Å². The van der Waals surface area contributed by atoms with Gasteiger partial charge in [0.05, 0.1) is 5.02 Å². The summed E-state index contributed by atoms with van der Waals surface area (Å²) in [7, 11) is 0. The predicted octanol–water partition coefficient (Wildman–Crippen LogP) is 2.94. The van der Waals surface area contributed by atoms with Crippen molar-refractivity contribution in [1.82, 2.24) is 0 Å². The number of halogens is 5. The number of aliphatic hydroxyl groups is 1. The van der Waals surface area contributed by atoms with Gasteiger partial charge >= 0.3 is 6.18 Å². The average molecular weight is 243 g/mol. The lowest BCUT2D eigenvalue weighted by molar-refractivity contribution is -0.203. The number of hydrogen-bond acceptors (Lipinski definition) is 1. The normalized spacial score (nSPS) is 14.0. The molecule has 1 atom stereocenters. The van der Waals surface area contributed by atoms with E-state index in [0.29, 0.717) is 0 Å². The van der Waals surface area contributed by atoms with E-state index in [2.05, 4.69) is 0 Å². The first-order valence-electron chi connectivity index (χ1n) is 3.99. The first-order chi connectivity index (χ1) is 6.80. The van der Waals surface area contributed by atoms with Gasteiger partial charge in [0.2, 0.25) is 0 Å². The lowest BCUT2D eigenvalue weighted by Gasteiger charge is -2.14. The van der Waals surface area contributed by atoms with Crippen LogP contribution in [0.25, 0.3) is 0 Å². The third-order valence-electron chi connectivity index (χ3n) is 1.79. The fraction of sp³-hybridized carbons (Fsp3) is 0.333. The van der Waals surface area contributed by atoms with E-state index in [4.69, 9.17) is 16.7 Å². The van der Waals surface area contributed by atoms with Crippen LogP contribution in [0.5, 0.6) is 0 Å². The number of rotatable bonds is 2. The fourth-order valence-corrected chi connectivity index (χ4v) is 1.21. The summed E-state index contributed by atoms with van der Waals surface area (Å²) in [5.74, 6) is -0.707. The van der Waals surface area contributed by atoms with Crippen molar-refractivity contribution in [3.63, 3.8) is 0 Å². The smallest absolute Gasteiger partial charge is 0.383 e. The van der Waals surface area contributed by atoms with E-state index >= 15 is 0 Å². The van der Waals surface area contributed by atoms with Crippen LogP contribution in [0.15, 0.2) is 18.2 Å². The van der Waals surface area contributed by atoms with Crippen LogP contribution in [0.1, 0.15) is 5.56 Å². The van der Waals surface area contributed by atoms with Gasteiger partial charge in [-0.25, -0.2) is 4.39 Å². The van der Waals surface area contributed by atoms with Crippen LogP contribution in [-0.4, -0.2) is 17.4 Å². The molecule has 1 unspecified atom stereocenters. The maximum absolute atomic E-state index is 12.7. The van der Waals surface area contributed by atoms with Crippen molar-refractivity contribution < 1.29 is 22.7 Å². The Kier molecular flexibility index (Phi) is 3.57. The summed E-state index contributed by atoms with van der Waals surface area (Å²) in [5.41, 5.74) is 0.131. The summed E-state index contributed by atoms with van der Waals surface area (Å²) in [6, 6.07) is 3.17. The van der Waals surface area contributed by atoms with Crippen LogP contribution in [0.2, 0.25) is 5.02 Å². The molecule has 0 radical (unpaired) electrons. The second kappa shape index (κ2) is 4.37. The minimum absolute atomic E-state index is 0.131. The van der Waals surface area contributed by atoms with E-state index in [1.54, 1.807) is 0 Å². The summed E-state index contributed by atoms with van der Waals surface area (Å²) < 4.78 is 48.5. The summed E-state index contributed by atoms with van der Waals surface area (Å²) in [6.45, 7) is 0. The molecule has 15 heavy (non-hydrogen) atoms. The van der Waals surface area contributed by atoms with Crippen molar-refractivity contribution in [2.75, 3.05) is 0 Å². The zero-order chi connectivity index (χ0) is 11.6. The second-order valence-corrected chi connectivity index (χ2v) is 3.42. The van der Waals surface area contributed by atoms with Gasteiger partial charge in [-0.3, -0.25) is 0 Å².